The fourth-order valence-electron chi connectivity index (χ4n) is 2.07. The lowest BCUT2D eigenvalue weighted by Crippen LogP contribution is -1.91. The van der Waals surface area contributed by atoms with Gasteiger partial charge in [-0.2, -0.15) is 0 Å². The number of aromatic nitrogens is 2. The molecule has 0 amide bonds. The Morgan fingerprint density at radius 2 is 1.83 bits per heavy atom. The predicted octanol–water partition coefficient (Wildman–Crippen LogP) is 3.32. The molecule has 0 N–H and O–H groups in total. The zero-order valence-electron chi connectivity index (χ0n) is 10.4. The quantitative estimate of drug-likeness (QED) is 0.684. The van der Waals surface area contributed by atoms with Crippen LogP contribution >= 0.6 is 0 Å². The Labute approximate surface area is 106 Å². The van der Waals surface area contributed by atoms with E-state index in [0.29, 0.717) is 0 Å². The summed E-state index contributed by atoms with van der Waals surface area (Å²) >= 11 is 0. The van der Waals surface area contributed by atoms with Gasteiger partial charge in [0.15, 0.2) is 0 Å². The molecule has 0 fully saturated rings. The van der Waals surface area contributed by atoms with Crippen molar-refractivity contribution in [3.8, 4) is 17.1 Å². The van der Waals surface area contributed by atoms with Gasteiger partial charge in [0.2, 0.25) is 5.88 Å². The minimum absolute atomic E-state index is 0.773. The third-order valence-electron chi connectivity index (χ3n) is 3.00. The normalized spacial score (nSPS) is 10.8. The Hall–Kier alpha value is -2.29. The van der Waals surface area contributed by atoms with E-state index in [2.05, 4.69) is 36.2 Å². The largest absolute Gasteiger partial charge is 0.480 e. The van der Waals surface area contributed by atoms with Crippen LogP contribution in [0.3, 0.4) is 0 Å². The van der Waals surface area contributed by atoms with E-state index in [4.69, 9.17) is 4.74 Å². The van der Waals surface area contributed by atoms with Gasteiger partial charge < -0.3 is 4.74 Å². The van der Waals surface area contributed by atoms with E-state index in [9.17, 15) is 0 Å². The smallest absolute Gasteiger partial charge is 0.226 e. The second-order valence-corrected chi connectivity index (χ2v) is 4.26. The molecule has 0 aliphatic carbocycles. The van der Waals surface area contributed by atoms with Gasteiger partial charge in [0.05, 0.1) is 7.11 Å². The van der Waals surface area contributed by atoms with Crippen molar-refractivity contribution >= 4 is 5.65 Å². The third-order valence-corrected chi connectivity index (χ3v) is 3.00. The highest BCUT2D eigenvalue weighted by Gasteiger charge is 2.13. The van der Waals surface area contributed by atoms with Gasteiger partial charge in [0.25, 0.3) is 0 Å². The molecule has 2 heterocycles. The monoisotopic (exact) mass is 238 g/mol. The van der Waals surface area contributed by atoms with Crippen molar-refractivity contribution in [2.45, 2.75) is 6.92 Å². The van der Waals surface area contributed by atoms with Crippen LogP contribution in [0, 0.1) is 6.92 Å². The van der Waals surface area contributed by atoms with Crippen LogP contribution < -0.4 is 4.74 Å². The summed E-state index contributed by atoms with van der Waals surface area (Å²) in [6.45, 7) is 2.07. The van der Waals surface area contributed by atoms with Gasteiger partial charge in [-0.25, -0.2) is 4.98 Å². The number of aryl methyl sites for hydroxylation is 1. The minimum atomic E-state index is 0.773. The third kappa shape index (κ3) is 1.64. The lowest BCUT2D eigenvalue weighted by atomic mass is 10.1. The van der Waals surface area contributed by atoms with Crippen LogP contribution in [0.2, 0.25) is 0 Å². The molecule has 0 aliphatic heterocycles. The highest BCUT2D eigenvalue weighted by Crippen LogP contribution is 2.30. The summed E-state index contributed by atoms with van der Waals surface area (Å²) < 4.78 is 7.44. The first kappa shape index (κ1) is 10.8. The van der Waals surface area contributed by atoms with Crippen LogP contribution in [0.1, 0.15) is 5.56 Å². The fraction of sp³-hybridized carbons (Fsp3) is 0.133. The SMILES string of the molecule is COc1c(-c2ccc(C)cc2)nc2ccccn12. The van der Waals surface area contributed by atoms with Crippen molar-refractivity contribution in [3.63, 3.8) is 0 Å². The molecule has 0 saturated heterocycles. The van der Waals surface area contributed by atoms with Gasteiger partial charge >= 0.3 is 0 Å². The molecule has 1 aromatic carbocycles. The number of imidazole rings is 1. The lowest BCUT2D eigenvalue weighted by molar-refractivity contribution is 0.396. The topological polar surface area (TPSA) is 26.5 Å². The summed E-state index contributed by atoms with van der Waals surface area (Å²) in [5.74, 6) is 0.773. The Kier molecular flexibility index (Phi) is 2.52. The second-order valence-electron chi connectivity index (χ2n) is 4.26. The molecule has 0 atom stereocenters. The average molecular weight is 238 g/mol. The average Bonchev–Trinajstić information content (AvgIpc) is 2.78. The van der Waals surface area contributed by atoms with Crippen LogP contribution in [0.5, 0.6) is 5.88 Å². The van der Waals surface area contributed by atoms with Crippen molar-refractivity contribution in [3.05, 3.63) is 54.2 Å². The number of fused-ring (bicyclic) bond motifs is 1. The number of methoxy groups -OCH3 is 1. The van der Waals surface area contributed by atoms with Gasteiger partial charge in [-0.15, -0.1) is 0 Å². The lowest BCUT2D eigenvalue weighted by Gasteiger charge is -2.03. The summed E-state index contributed by atoms with van der Waals surface area (Å²) in [4.78, 5) is 4.62. The maximum absolute atomic E-state index is 5.48. The Morgan fingerprint density at radius 3 is 2.56 bits per heavy atom. The molecule has 0 saturated carbocycles. The first-order valence-electron chi connectivity index (χ1n) is 5.88. The molecular formula is C15H14N2O. The molecule has 18 heavy (non-hydrogen) atoms. The number of pyridine rings is 1. The van der Waals surface area contributed by atoms with Gasteiger partial charge in [-0.3, -0.25) is 4.40 Å². The number of nitrogens with zero attached hydrogens (tertiary/aromatic N) is 2. The molecule has 0 unspecified atom stereocenters. The maximum Gasteiger partial charge on any atom is 0.226 e. The summed E-state index contributed by atoms with van der Waals surface area (Å²) in [7, 11) is 1.67. The Morgan fingerprint density at radius 1 is 1.06 bits per heavy atom. The summed E-state index contributed by atoms with van der Waals surface area (Å²) in [5.41, 5.74) is 4.08. The zero-order chi connectivity index (χ0) is 12.5. The molecule has 3 rings (SSSR count). The molecule has 0 aliphatic rings. The van der Waals surface area contributed by atoms with Crippen molar-refractivity contribution in [2.75, 3.05) is 7.11 Å². The zero-order valence-corrected chi connectivity index (χ0v) is 10.4. The van der Waals surface area contributed by atoms with Gasteiger partial charge in [0.1, 0.15) is 11.3 Å². The summed E-state index contributed by atoms with van der Waals surface area (Å²) in [5, 5.41) is 0. The van der Waals surface area contributed by atoms with Crippen molar-refractivity contribution in [1.29, 1.82) is 0 Å². The highest BCUT2D eigenvalue weighted by atomic mass is 16.5. The number of hydrogen-bond donors (Lipinski definition) is 0. The maximum atomic E-state index is 5.48. The fourth-order valence-corrected chi connectivity index (χ4v) is 2.07. The summed E-state index contributed by atoms with van der Waals surface area (Å²) in [6, 6.07) is 14.2. The van der Waals surface area contributed by atoms with Crippen LogP contribution in [-0.4, -0.2) is 16.5 Å². The van der Waals surface area contributed by atoms with Crippen molar-refractivity contribution in [1.82, 2.24) is 9.38 Å². The van der Waals surface area contributed by atoms with E-state index in [-0.39, 0.29) is 0 Å². The van der Waals surface area contributed by atoms with E-state index >= 15 is 0 Å². The van der Waals surface area contributed by atoms with E-state index in [1.54, 1.807) is 7.11 Å². The molecular weight excluding hydrogens is 224 g/mol. The standard InChI is InChI=1S/C15H14N2O/c1-11-6-8-12(9-7-11)14-15(18-2)17-10-4-3-5-13(17)16-14/h3-10H,1-2H3. The van der Waals surface area contributed by atoms with Crippen molar-refractivity contribution < 1.29 is 4.74 Å². The number of rotatable bonds is 2. The molecule has 0 radical (unpaired) electrons. The molecule has 3 aromatic rings. The molecule has 3 heteroatoms. The van der Waals surface area contributed by atoms with E-state index in [1.807, 2.05) is 28.8 Å². The molecule has 0 bridgehead atoms. The van der Waals surface area contributed by atoms with Crippen LogP contribution in [-0.2, 0) is 0 Å². The molecule has 2 aromatic heterocycles. The van der Waals surface area contributed by atoms with Crippen LogP contribution in [0.25, 0.3) is 16.9 Å². The second kappa shape index (κ2) is 4.18. The van der Waals surface area contributed by atoms with Crippen LogP contribution in [0.15, 0.2) is 48.7 Å². The number of hydrogen-bond acceptors (Lipinski definition) is 2. The Bertz CT molecular complexity index is 683. The van der Waals surface area contributed by atoms with E-state index in [0.717, 1.165) is 22.8 Å². The molecule has 3 nitrogen and oxygen atoms in total. The first-order chi connectivity index (χ1) is 8.79. The number of benzene rings is 1. The van der Waals surface area contributed by atoms with Crippen molar-refractivity contribution in [2.24, 2.45) is 0 Å². The van der Waals surface area contributed by atoms with Gasteiger partial charge in [0, 0.05) is 11.8 Å². The van der Waals surface area contributed by atoms with Gasteiger partial charge in [-0.05, 0) is 19.1 Å². The summed E-state index contributed by atoms with van der Waals surface area (Å²) in [6.07, 6.45) is 1.96. The van der Waals surface area contributed by atoms with E-state index in [1.165, 1.54) is 5.56 Å². The first-order valence-corrected chi connectivity index (χ1v) is 5.88. The highest BCUT2D eigenvalue weighted by molar-refractivity contribution is 5.69. The molecule has 90 valence electrons. The molecule has 0 spiro atoms. The minimum Gasteiger partial charge on any atom is -0.480 e. The Balaban J connectivity index is 2.25. The van der Waals surface area contributed by atoms with Crippen LogP contribution in [0.4, 0.5) is 0 Å². The number of ether oxygens (including phenoxy) is 1. The van der Waals surface area contributed by atoms with E-state index < -0.39 is 0 Å². The predicted molar refractivity (Wildman–Crippen MR) is 71.9 cm³/mol. The van der Waals surface area contributed by atoms with Gasteiger partial charge in [-0.1, -0.05) is 35.9 Å².